The van der Waals surface area contributed by atoms with Crippen LogP contribution in [0.15, 0.2) is 30.3 Å². The van der Waals surface area contributed by atoms with Gasteiger partial charge in [-0.05, 0) is 24.8 Å². The molecule has 1 aromatic rings. The number of thioether (sulfide) groups is 1. The number of nitrogens with one attached hydrogen (secondary N) is 1. The first kappa shape index (κ1) is 14.4. The number of nitrogens with zero attached hydrogens (tertiary/aromatic N) is 1. The Morgan fingerprint density at radius 3 is 2.84 bits per heavy atom. The second-order valence-corrected chi connectivity index (χ2v) is 6.00. The second-order valence-electron chi connectivity index (χ2n) is 4.97. The summed E-state index contributed by atoms with van der Waals surface area (Å²) >= 11 is 1.79. The van der Waals surface area contributed by atoms with Gasteiger partial charge in [0.05, 0.1) is 6.04 Å². The summed E-state index contributed by atoms with van der Waals surface area (Å²) in [7, 11) is 1.91. The van der Waals surface area contributed by atoms with E-state index in [1.807, 2.05) is 18.0 Å². The van der Waals surface area contributed by atoms with Gasteiger partial charge in [-0.3, -0.25) is 10.1 Å². The first-order chi connectivity index (χ1) is 9.27. The monoisotopic (exact) mass is 278 g/mol. The van der Waals surface area contributed by atoms with Gasteiger partial charge >= 0.3 is 0 Å². The molecule has 0 bridgehead atoms. The minimum absolute atomic E-state index is 0.0316. The first-order valence-electron chi connectivity index (χ1n) is 6.87. The van der Waals surface area contributed by atoms with Crippen LogP contribution in [0.1, 0.15) is 18.4 Å². The van der Waals surface area contributed by atoms with E-state index in [0.29, 0.717) is 0 Å². The SMILES string of the molecule is CN(CCCCc1ccccc1)C(=O)C1CSCN1. The van der Waals surface area contributed by atoms with Crippen molar-refractivity contribution in [3.05, 3.63) is 35.9 Å². The number of carbonyl (C=O) groups is 1. The maximum Gasteiger partial charge on any atom is 0.240 e. The molecule has 19 heavy (non-hydrogen) atoms. The fourth-order valence-electron chi connectivity index (χ4n) is 2.25. The highest BCUT2D eigenvalue weighted by atomic mass is 32.2. The highest BCUT2D eigenvalue weighted by molar-refractivity contribution is 7.99. The van der Waals surface area contributed by atoms with E-state index in [1.165, 1.54) is 5.56 Å². The lowest BCUT2D eigenvalue weighted by Crippen LogP contribution is -2.43. The number of amides is 1. The van der Waals surface area contributed by atoms with Crippen LogP contribution in [0.4, 0.5) is 0 Å². The van der Waals surface area contributed by atoms with Crippen molar-refractivity contribution in [2.45, 2.75) is 25.3 Å². The van der Waals surface area contributed by atoms with Crippen molar-refractivity contribution in [1.29, 1.82) is 0 Å². The van der Waals surface area contributed by atoms with E-state index in [9.17, 15) is 4.79 Å². The molecule has 0 radical (unpaired) electrons. The third kappa shape index (κ3) is 4.55. The molecule has 1 atom stereocenters. The number of rotatable bonds is 6. The molecule has 4 heteroatoms. The van der Waals surface area contributed by atoms with Crippen molar-refractivity contribution in [2.75, 3.05) is 25.2 Å². The smallest absolute Gasteiger partial charge is 0.240 e. The molecule has 0 spiro atoms. The summed E-state index contributed by atoms with van der Waals surface area (Å²) in [5, 5.41) is 3.23. The van der Waals surface area contributed by atoms with Crippen molar-refractivity contribution in [1.82, 2.24) is 10.2 Å². The van der Waals surface area contributed by atoms with Crippen molar-refractivity contribution in [2.24, 2.45) is 0 Å². The Hall–Kier alpha value is -1.00. The average Bonchev–Trinajstić information content (AvgIpc) is 2.98. The molecule has 3 nitrogen and oxygen atoms in total. The number of likely N-dealkylation sites (N-methyl/N-ethyl adjacent to an activating group) is 1. The maximum absolute atomic E-state index is 12.1. The van der Waals surface area contributed by atoms with E-state index in [2.05, 4.69) is 29.6 Å². The van der Waals surface area contributed by atoms with Gasteiger partial charge in [0.25, 0.3) is 0 Å². The van der Waals surface area contributed by atoms with Gasteiger partial charge < -0.3 is 4.90 Å². The maximum atomic E-state index is 12.1. The van der Waals surface area contributed by atoms with Gasteiger partial charge in [-0.25, -0.2) is 0 Å². The summed E-state index contributed by atoms with van der Waals surface area (Å²) in [5.41, 5.74) is 1.38. The molecule has 1 aromatic carbocycles. The van der Waals surface area contributed by atoms with E-state index < -0.39 is 0 Å². The highest BCUT2D eigenvalue weighted by Gasteiger charge is 2.24. The number of unbranched alkanes of at least 4 members (excludes halogenated alkanes) is 1. The first-order valence-corrected chi connectivity index (χ1v) is 8.03. The molecule has 1 fully saturated rings. The third-order valence-corrected chi connectivity index (χ3v) is 4.38. The van der Waals surface area contributed by atoms with Crippen LogP contribution in [0.25, 0.3) is 0 Å². The zero-order valence-electron chi connectivity index (χ0n) is 11.5. The Morgan fingerprint density at radius 1 is 1.37 bits per heavy atom. The van der Waals surface area contributed by atoms with Gasteiger partial charge in [0.1, 0.15) is 0 Å². The molecule has 2 rings (SSSR count). The van der Waals surface area contributed by atoms with Crippen molar-refractivity contribution in [3.63, 3.8) is 0 Å². The van der Waals surface area contributed by atoms with Crippen molar-refractivity contribution >= 4 is 17.7 Å². The van der Waals surface area contributed by atoms with E-state index >= 15 is 0 Å². The van der Waals surface area contributed by atoms with Gasteiger partial charge in [0, 0.05) is 25.2 Å². The van der Waals surface area contributed by atoms with Gasteiger partial charge in [-0.1, -0.05) is 30.3 Å². The zero-order chi connectivity index (χ0) is 13.5. The zero-order valence-corrected chi connectivity index (χ0v) is 12.3. The molecule has 1 heterocycles. The van der Waals surface area contributed by atoms with Crippen LogP contribution < -0.4 is 5.32 Å². The fourth-order valence-corrected chi connectivity index (χ4v) is 3.19. The topological polar surface area (TPSA) is 32.3 Å². The molecule has 0 saturated carbocycles. The molecule has 1 saturated heterocycles. The predicted molar refractivity (Wildman–Crippen MR) is 81.3 cm³/mol. The Kier molecular flexibility index (Phi) is 5.73. The normalized spacial score (nSPS) is 18.5. The molecular weight excluding hydrogens is 256 g/mol. The quantitative estimate of drug-likeness (QED) is 0.809. The summed E-state index contributed by atoms with van der Waals surface area (Å²) < 4.78 is 0. The number of aryl methyl sites for hydroxylation is 1. The Morgan fingerprint density at radius 2 is 2.16 bits per heavy atom. The highest BCUT2D eigenvalue weighted by Crippen LogP contribution is 2.12. The van der Waals surface area contributed by atoms with Gasteiger partial charge in [0.2, 0.25) is 5.91 Å². The summed E-state index contributed by atoms with van der Waals surface area (Å²) in [6.45, 7) is 0.856. The minimum atomic E-state index is 0.0316. The van der Waals surface area contributed by atoms with Crippen molar-refractivity contribution < 1.29 is 4.79 Å². The van der Waals surface area contributed by atoms with Crippen LogP contribution in [0.2, 0.25) is 0 Å². The molecular formula is C15H22N2OS. The summed E-state index contributed by atoms with van der Waals surface area (Å²) in [4.78, 5) is 13.9. The van der Waals surface area contributed by atoms with Crippen LogP contribution in [0.5, 0.6) is 0 Å². The number of hydrogen-bond donors (Lipinski definition) is 1. The van der Waals surface area contributed by atoms with E-state index in [-0.39, 0.29) is 11.9 Å². The van der Waals surface area contributed by atoms with Gasteiger partial charge in [0.15, 0.2) is 0 Å². The number of hydrogen-bond acceptors (Lipinski definition) is 3. The second kappa shape index (κ2) is 7.56. The molecule has 0 aromatic heterocycles. The number of carbonyl (C=O) groups excluding carboxylic acids is 1. The lowest BCUT2D eigenvalue weighted by Gasteiger charge is -2.20. The van der Waals surface area contributed by atoms with E-state index in [4.69, 9.17) is 0 Å². The lowest BCUT2D eigenvalue weighted by molar-refractivity contribution is -0.131. The molecule has 0 aliphatic carbocycles. The van der Waals surface area contributed by atoms with Crippen molar-refractivity contribution in [3.8, 4) is 0 Å². The average molecular weight is 278 g/mol. The molecule has 1 aliphatic rings. The summed E-state index contributed by atoms with van der Waals surface area (Å²) in [5.74, 6) is 2.05. The Bertz CT molecular complexity index is 390. The van der Waals surface area contributed by atoms with Crippen LogP contribution in [0, 0.1) is 0 Å². The molecule has 104 valence electrons. The van der Waals surface area contributed by atoms with Crippen LogP contribution in [0.3, 0.4) is 0 Å². The van der Waals surface area contributed by atoms with Gasteiger partial charge in [-0.2, -0.15) is 0 Å². The summed E-state index contributed by atoms with van der Waals surface area (Å²) in [6, 6.07) is 10.6. The van der Waals surface area contributed by atoms with Crippen LogP contribution in [-0.4, -0.2) is 42.1 Å². The Balaban J connectivity index is 1.63. The molecule has 1 amide bonds. The predicted octanol–water partition coefficient (Wildman–Crippen LogP) is 2.13. The summed E-state index contributed by atoms with van der Waals surface area (Å²) in [6.07, 6.45) is 3.30. The standard InChI is InChI=1S/C15H22N2OS/c1-17(15(18)14-11-19-12-16-14)10-6-5-9-13-7-3-2-4-8-13/h2-4,7-8,14,16H,5-6,9-12H2,1H3. The van der Waals surface area contributed by atoms with Gasteiger partial charge in [-0.15, -0.1) is 11.8 Å². The Labute approximate surface area is 119 Å². The van der Waals surface area contributed by atoms with Crippen LogP contribution >= 0.6 is 11.8 Å². The fraction of sp³-hybridized carbons (Fsp3) is 0.533. The lowest BCUT2D eigenvalue weighted by atomic mass is 10.1. The van der Waals surface area contributed by atoms with Crippen LogP contribution in [-0.2, 0) is 11.2 Å². The molecule has 1 aliphatic heterocycles. The number of benzene rings is 1. The largest absolute Gasteiger partial charge is 0.344 e. The third-order valence-electron chi connectivity index (χ3n) is 3.44. The molecule has 1 unspecified atom stereocenters. The molecule has 1 N–H and O–H groups in total. The van der Waals surface area contributed by atoms with E-state index in [1.54, 1.807) is 11.8 Å². The minimum Gasteiger partial charge on any atom is -0.344 e. The van der Waals surface area contributed by atoms with E-state index in [0.717, 1.165) is 37.4 Å².